The number of phenols is 1. The molecule has 0 radical (unpaired) electrons. The molecule has 1 atom stereocenters. The van der Waals surface area contributed by atoms with Crippen LogP contribution in [-0.2, 0) is 28.7 Å². The van der Waals surface area contributed by atoms with Crippen molar-refractivity contribution in [3.63, 3.8) is 0 Å². The summed E-state index contributed by atoms with van der Waals surface area (Å²) in [6.45, 7) is 0. The molecule has 10 heteroatoms. The molecule has 2 heterocycles. The number of aromatic hydroxyl groups is 1. The predicted molar refractivity (Wildman–Crippen MR) is 130 cm³/mol. The number of benzene rings is 3. The minimum Gasteiger partial charge on any atom is -0.508 e. The van der Waals surface area contributed by atoms with Crippen LogP contribution in [0.25, 0.3) is 5.70 Å². The average molecular weight is 507 g/mol. The van der Waals surface area contributed by atoms with Gasteiger partial charge in [-0.25, -0.2) is 15.2 Å². The largest absolute Gasteiger partial charge is 0.508 e. The van der Waals surface area contributed by atoms with E-state index in [0.717, 1.165) is 17.7 Å². The molecule has 0 saturated carbocycles. The summed E-state index contributed by atoms with van der Waals surface area (Å²) in [5, 5.41) is 19.5. The van der Waals surface area contributed by atoms with Crippen molar-refractivity contribution in [2.24, 2.45) is 9.98 Å². The van der Waals surface area contributed by atoms with Crippen LogP contribution in [0.4, 0.5) is 13.2 Å². The highest BCUT2D eigenvalue weighted by atomic mass is 19.4. The van der Waals surface area contributed by atoms with Crippen molar-refractivity contribution in [2.75, 3.05) is 0 Å². The number of halogens is 3. The van der Waals surface area contributed by atoms with Gasteiger partial charge in [-0.3, -0.25) is 9.69 Å². The molecule has 0 spiro atoms. The van der Waals surface area contributed by atoms with Gasteiger partial charge in [-0.05, 0) is 47.5 Å². The van der Waals surface area contributed by atoms with Crippen LogP contribution in [0.1, 0.15) is 22.3 Å². The summed E-state index contributed by atoms with van der Waals surface area (Å²) >= 11 is 0. The van der Waals surface area contributed by atoms with E-state index in [1.54, 1.807) is 12.1 Å². The number of amides is 1. The van der Waals surface area contributed by atoms with Gasteiger partial charge in [-0.2, -0.15) is 18.1 Å². The third kappa shape index (κ3) is 4.76. The Bertz CT molecular complexity index is 1420. The highest BCUT2D eigenvalue weighted by molar-refractivity contribution is 6.47. The topological polar surface area (TPSA) is 94.7 Å². The molecule has 188 valence electrons. The van der Waals surface area contributed by atoms with E-state index < -0.39 is 23.4 Å². The Hall–Kier alpha value is -4.28. The fraction of sp³-hybridized carbons (Fsp3) is 0.148. The number of carbonyl (C=O) groups excluding carboxylic acids is 1. The fourth-order valence-electron chi connectivity index (χ4n) is 4.20. The van der Waals surface area contributed by atoms with Crippen molar-refractivity contribution < 1.29 is 33.2 Å². The molecule has 2 aliphatic heterocycles. The third-order valence-electron chi connectivity index (χ3n) is 6.09. The lowest BCUT2D eigenvalue weighted by molar-refractivity contribution is -0.308. The molecule has 0 saturated heterocycles. The van der Waals surface area contributed by atoms with E-state index in [0.29, 0.717) is 29.0 Å². The van der Waals surface area contributed by atoms with Crippen LogP contribution < -0.4 is 0 Å². The quantitative estimate of drug-likeness (QED) is 0.360. The maximum atomic E-state index is 13.6. The molecule has 37 heavy (non-hydrogen) atoms. The minimum absolute atomic E-state index is 0.0670. The van der Waals surface area contributed by atoms with Crippen LogP contribution in [0.15, 0.2) is 95.0 Å². The third-order valence-corrected chi connectivity index (χ3v) is 6.09. The van der Waals surface area contributed by atoms with Crippen molar-refractivity contribution in [3.05, 3.63) is 107 Å². The van der Waals surface area contributed by atoms with Gasteiger partial charge in [-0.1, -0.05) is 42.5 Å². The Labute approximate surface area is 209 Å². The van der Waals surface area contributed by atoms with Gasteiger partial charge >= 0.3 is 6.18 Å². The predicted octanol–water partition coefficient (Wildman–Crippen LogP) is 5.08. The molecule has 5 rings (SSSR count). The zero-order chi connectivity index (χ0) is 26.2. The second-order valence-corrected chi connectivity index (χ2v) is 8.64. The van der Waals surface area contributed by atoms with E-state index in [1.807, 2.05) is 30.3 Å². The zero-order valence-corrected chi connectivity index (χ0v) is 19.2. The van der Waals surface area contributed by atoms with Crippen molar-refractivity contribution in [1.29, 1.82) is 0 Å². The molecule has 0 unspecified atom stereocenters. The number of alkyl halides is 3. The fourth-order valence-corrected chi connectivity index (χ4v) is 4.20. The van der Waals surface area contributed by atoms with Crippen molar-refractivity contribution in [1.82, 2.24) is 4.90 Å². The van der Waals surface area contributed by atoms with Crippen LogP contribution in [-0.4, -0.2) is 38.4 Å². The Morgan fingerprint density at radius 1 is 0.919 bits per heavy atom. The molecule has 0 bridgehead atoms. The smallest absolute Gasteiger partial charge is 0.416 e. The van der Waals surface area contributed by atoms with Gasteiger partial charge in [0.15, 0.2) is 5.84 Å². The first-order valence-electron chi connectivity index (χ1n) is 11.2. The second kappa shape index (κ2) is 9.30. The molecule has 1 amide bonds. The van der Waals surface area contributed by atoms with Gasteiger partial charge in [0, 0.05) is 24.6 Å². The number of amidine groups is 1. The summed E-state index contributed by atoms with van der Waals surface area (Å²) in [6, 6.07) is 19.9. The number of phenolic OH excluding ortho intramolecular Hbond substituents is 1. The van der Waals surface area contributed by atoms with Crippen LogP contribution in [0.2, 0.25) is 0 Å². The first kappa shape index (κ1) is 24.4. The van der Waals surface area contributed by atoms with Gasteiger partial charge in [-0.15, -0.1) is 0 Å². The van der Waals surface area contributed by atoms with E-state index in [2.05, 4.69) is 9.88 Å². The molecule has 0 aromatic heterocycles. The van der Waals surface area contributed by atoms with Crippen molar-refractivity contribution in [2.45, 2.75) is 24.7 Å². The molecule has 3 aromatic carbocycles. The molecule has 3 aromatic rings. The molecule has 0 fully saturated rings. The number of fused-ring (bicyclic) bond motifs is 1. The molecule has 2 N–H and O–H groups in total. The van der Waals surface area contributed by atoms with E-state index >= 15 is 0 Å². The second-order valence-electron chi connectivity index (χ2n) is 8.64. The summed E-state index contributed by atoms with van der Waals surface area (Å²) < 4.78 is 38.9. The van der Waals surface area contributed by atoms with E-state index in [4.69, 9.17) is 4.99 Å². The van der Waals surface area contributed by atoms with Gasteiger partial charge in [0.05, 0.1) is 17.0 Å². The van der Waals surface area contributed by atoms with Gasteiger partial charge in [0.1, 0.15) is 5.75 Å². The molecule has 0 aliphatic carbocycles. The lowest BCUT2D eigenvalue weighted by atomic mass is 10.0. The lowest BCUT2D eigenvalue weighted by Crippen LogP contribution is -2.45. The molecule has 7 nitrogen and oxygen atoms in total. The summed E-state index contributed by atoms with van der Waals surface area (Å²) in [5.74, 6) is -0.489. The Morgan fingerprint density at radius 2 is 1.59 bits per heavy atom. The first-order valence-corrected chi connectivity index (χ1v) is 11.2. The number of aliphatic imine (C=N–C) groups is 2. The van der Waals surface area contributed by atoms with E-state index in [-0.39, 0.29) is 18.0 Å². The summed E-state index contributed by atoms with van der Waals surface area (Å²) in [4.78, 5) is 28.5. The number of hydrogen-bond acceptors (Lipinski definition) is 6. The summed E-state index contributed by atoms with van der Waals surface area (Å²) in [6.07, 6.45) is -3.05. The standard InChI is InChI=1S/C27H20F3N3O4/c28-27(29,30)20-10-6-18(7-11-20)15-26(37-36)25(35)33-16-23(19-8-12-21(34)13-9-19)31-22(24(33)32-26)14-17-4-2-1-3-5-17/h1-13,16,34,36H,14-15H2/t26-/m0/s1. The molecule has 2 aliphatic rings. The van der Waals surface area contributed by atoms with Crippen molar-refractivity contribution >= 4 is 23.2 Å². The maximum absolute atomic E-state index is 13.6. The minimum atomic E-state index is -4.51. The van der Waals surface area contributed by atoms with Crippen LogP contribution >= 0.6 is 0 Å². The lowest BCUT2D eigenvalue weighted by Gasteiger charge is -2.24. The molecular weight excluding hydrogens is 487 g/mol. The molecular formula is C27H20F3N3O4. The SMILES string of the molecule is O=C1N2C=C(c3ccc(O)cc3)N=C(Cc3ccccc3)C2=N[C@@]1(Cc1ccc(C(F)(F)F)cc1)OO. The Balaban J connectivity index is 1.54. The highest BCUT2D eigenvalue weighted by Crippen LogP contribution is 2.35. The number of rotatable bonds is 6. The van der Waals surface area contributed by atoms with E-state index in [9.17, 15) is 28.3 Å². The first-order chi connectivity index (χ1) is 17.7. The number of hydrogen-bond donors (Lipinski definition) is 2. The van der Waals surface area contributed by atoms with Crippen molar-refractivity contribution in [3.8, 4) is 5.75 Å². The highest BCUT2D eigenvalue weighted by Gasteiger charge is 2.52. The Morgan fingerprint density at radius 3 is 2.22 bits per heavy atom. The van der Waals surface area contributed by atoms with Gasteiger partial charge in [0.2, 0.25) is 0 Å². The van der Waals surface area contributed by atoms with Gasteiger partial charge in [0.25, 0.3) is 11.6 Å². The zero-order valence-electron chi connectivity index (χ0n) is 19.2. The normalized spacial score (nSPS) is 19.3. The maximum Gasteiger partial charge on any atom is 0.416 e. The van der Waals surface area contributed by atoms with Gasteiger partial charge < -0.3 is 5.11 Å². The van der Waals surface area contributed by atoms with E-state index in [1.165, 1.54) is 35.4 Å². The number of nitrogens with zero attached hydrogens (tertiary/aromatic N) is 3. The average Bonchev–Trinajstić information content (AvgIpc) is 3.17. The number of carbonyl (C=O) groups is 1. The van der Waals surface area contributed by atoms with Crippen LogP contribution in [0.3, 0.4) is 0 Å². The van der Waals surface area contributed by atoms with Crippen LogP contribution in [0.5, 0.6) is 5.75 Å². The monoisotopic (exact) mass is 507 g/mol. The summed E-state index contributed by atoms with van der Waals surface area (Å²) in [7, 11) is 0. The van der Waals surface area contributed by atoms with Crippen LogP contribution in [0, 0.1) is 0 Å². The Kier molecular flexibility index (Phi) is 6.14. The summed E-state index contributed by atoms with van der Waals surface area (Å²) in [5.41, 5.74) is -0.265.